The maximum Gasteiger partial charge on any atom is 0.0849 e. The fourth-order valence-corrected chi connectivity index (χ4v) is 9.49. The highest BCUT2D eigenvalue weighted by atomic mass is 28.3. The molecule has 0 fully saturated rings. The number of allylic oxidation sites excluding steroid dienone is 1. The second-order valence-corrected chi connectivity index (χ2v) is 12.8. The Bertz CT molecular complexity index is 419. The van der Waals surface area contributed by atoms with Crippen LogP contribution in [0.3, 0.4) is 0 Å². The molecule has 0 nitrogen and oxygen atoms in total. The summed E-state index contributed by atoms with van der Waals surface area (Å²) in [4.78, 5) is 0. The molecule has 0 aromatic heterocycles. The van der Waals surface area contributed by atoms with Gasteiger partial charge in [0.2, 0.25) is 0 Å². The first-order valence-corrected chi connectivity index (χ1v) is 10.4. The zero-order valence-corrected chi connectivity index (χ0v) is 15.4. The third-order valence-corrected chi connectivity index (χ3v) is 11.8. The highest BCUT2D eigenvalue weighted by Gasteiger charge is 2.39. The molecular formula is C19H32Si. The highest BCUT2D eigenvalue weighted by molar-refractivity contribution is 6.87. The zero-order chi connectivity index (χ0) is 15.3. The molecule has 1 aromatic rings. The van der Waals surface area contributed by atoms with E-state index in [1.54, 1.807) is 0 Å². The van der Waals surface area contributed by atoms with Gasteiger partial charge in [-0.15, -0.1) is 0 Å². The van der Waals surface area contributed by atoms with Crippen LogP contribution in [0.25, 0.3) is 0 Å². The van der Waals surface area contributed by atoms with Crippen LogP contribution in [0, 0.1) is 6.92 Å². The first-order valence-electron chi connectivity index (χ1n) is 8.04. The predicted molar refractivity (Wildman–Crippen MR) is 95.1 cm³/mol. The SMILES string of the molecule is Cc1ccccc1C/C=C/[Si](C(C)C)(C(C)C)C(C)C. The van der Waals surface area contributed by atoms with Crippen molar-refractivity contribution in [1.82, 2.24) is 0 Å². The molecular weight excluding hydrogens is 256 g/mol. The van der Waals surface area contributed by atoms with E-state index in [1.807, 2.05) is 0 Å². The summed E-state index contributed by atoms with van der Waals surface area (Å²) in [6.07, 6.45) is 3.53. The fourth-order valence-electron chi connectivity index (χ4n) is 3.81. The number of hydrogen-bond donors (Lipinski definition) is 0. The molecule has 1 aromatic carbocycles. The van der Waals surface area contributed by atoms with E-state index >= 15 is 0 Å². The molecule has 0 saturated heterocycles. The van der Waals surface area contributed by atoms with Crippen molar-refractivity contribution in [2.75, 3.05) is 0 Å². The molecule has 0 saturated carbocycles. The average molecular weight is 289 g/mol. The van der Waals surface area contributed by atoms with Crippen LogP contribution in [0.5, 0.6) is 0 Å². The third kappa shape index (κ3) is 3.63. The molecule has 0 spiro atoms. The minimum Gasteiger partial charge on any atom is -0.0971 e. The van der Waals surface area contributed by atoms with Gasteiger partial charge in [0.05, 0.1) is 8.07 Å². The molecule has 0 unspecified atom stereocenters. The lowest BCUT2D eigenvalue weighted by molar-refractivity contribution is 0.832. The highest BCUT2D eigenvalue weighted by Crippen LogP contribution is 2.42. The largest absolute Gasteiger partial charge is 0.0971 e. The summed E-state index contributed by atoms with van der Waals surface area (Å²) >= 11 is 0. The molecule has 0 atom stereocenters. The maximum atomic E-state index is 2.64. The van der Waals surface area contributed by atoms with Crippen molar-refractivity contribution in [1.29, 1.82) is 0 Å². The average Bonchev–Trinajstić information content (AvgIpc) is 2.35. The van der Waals surface area contributed by atoms with Gasteiger partial charge in [0.1, 0.15) is 0 Å². The zero-order valence-electron chi connectivity index (χ0n) is 14.4. The Morgan fingerprint density at radius 3 is 1.85 bits per heavy atom. The van der Waals surface area contributed by atoms with E-state index < -0.39 is 8.07 Å². The van der Waals surface area contributed by atoms with E-state index in [9.17, 15) is 0 Å². The monoisotopic (exact) mass is 288 g/mol. The quantitative estimate of drug-likeness (QED) is 0.538. The summed E-state index contributed by atoms with van der Waals surface area (Å²) < 4.78 is 0. The number of benzene rings is 1. The normalized spacial score (nSPS) is 13.1. The van der Waals surface area contributed by atoms with E-state index in [1.165, 1.54) is 11.1 Å². The first kappa shape index (κ1) is 17.2. The smallest absolute Gasteiger partial charge is 0.0849 e. The molecule has 0 aliphatic rings. The molecule has 0 aliphatic heterocycles. The predicted octanol–water partition coefficient (Wildman–Crippen LogP) is 6.31. The standard InChI is InChI=1S/C19H32Si/c1-15(2)20(16(3)4,17(5)6)14-10-13-19-12-9-8-11-18(19)7/h8-12,14-17H,13H2,1-7H3/b14-10+. The Labute approximate surface area is 127 Å². The molecule has 20 heavy (non-hydrogen) atoms. The van der Waals surface area contributed by atoms with Crippen LogP contribution in [0.4, 0.5) is 0 Å². The molecule has 0 radical (unpaired) electrons. The van der Waals surface area contributed by atoms with Crippen molar-refractivity contribution in [2.24, 2.45) is 0 Å². The summed E-state index contributed by atoms with van der Waals surface area (Å²) in [5.74, 6) is 0. The Kier molecular flexibility index (Phi) is 6.26. The van der Waals surface area contributed by atoms with Gasteiger partial charge in [-0.3, -0.25) is 0 Å². The van der Waals surface area contributed by atoms with Crippen molar-refractivity contribution in [2.45, 2.75) is 71.5 Å². The summed E-state index contributed by atoms with van der Waals surface area (Å²) in [5.41, 5.74) is 7.91. The van der Waals surface area contributed by atoms with E-state index in [4.69, 9.17) is 0 Å². The van der Waals surface area contributed by atoms with E-state index in [2.05, 4.69) is 84.5 Å². The first-order chi connectivity index (χ1) is 9.32. The van der Waals surface area contributed by atoms with Crippen molar-refractivity contribution < 1.29 is 0 Å². The van der Waals surface area contributed by atoms with Crippen molar-refractivity contribution >= 4 is 8.07 Å². The number of hydrogen-bond acceptors (Lipinski definition) is 0. The lowest BCUT2D eigenvalue weighted by Gasteiger charge is -2.40. The summed E-state index contributed by atoms with van der Waals surface area (Å²) in [6.45, 7) is 16.7. The summed E-state index contributed by atoms with van der Waals surface area (Å²) in [7, 11) is -1.38. The van der Waals surface area contributed by atoms with Gasteiger partial charge in [0, 0.05) is 0 Å². The molecule has 0 heterocycles. The lowest BCUT2D eigenvalue weighted by atomic mass is 10.1. The van der Waals surface area contributed by atoms with Gasteiger partial charge in [-0.1, -0.05) is 77.6 Å². The van der Waals surface area contributed by atoms with Crippen LogP contribution >= 0.6 is 0 Å². The Hall–Kier alpha value is -0.823. The fraction of sp³-hybridized carbons (Fsp3) is 0.579. The van der Waals surface area contributed by atoms with Crippen molar-refractivity contribution in [3.8, 4) is 0 Å². The Morgan fingerprint density at radius 2 is 1.40 bits per heavy atom. The third-order valence-electron chi connectivity index (χ3n) is 5.01. The van der Waals surface area contributed by atoms with Crippen LogP contribution in [0.15, 0.2) is 36.0 Å². The Balaban J connectivity index is 2.96. The van der Waals surface area contributed by atoms with Crippen LogP contribution in [0.1, 0.15) is 52.7 Å². The maximum absolute atomic E-state index is 2.64. The minimum atomic E-state index is -1.38. The number of rotatable bonds is 6. The Morgan fingerprint density at radius 1 is 0.900 bits per heavy atom. The van der Waals surface area contributed by atoms with Gasteiger partial charge in [0.15, 0.2) is 0 Å². The molecule has 1 rings (SSSR count). The molecule has 0 aliphatic carbocycles. The molecule has 112 valence electrons. The minimum absolute atomic E-state index is 0.802. The van der Waals surface area contributed by atoms with Crippen LogP contribution in [-0.2, 0) is 6.42 Å². The second-order valence-electron chi connectivity index (χ2n) is 7.00. The van der Waals surface area contributed by atoms with Gasteiger partial charge < -0.3 is 0 Å². The molecule has 0 N–H and O–H groups in total. The van der Waals surface area contributed by atoms with Gasteiger partial charge in [-0.05, 0) is 41.1 Å². The topological polar surface area (TPSA) is 0 Å². The van der Waals surface area contributed by atoms with Gasteiger partial charge >= 0.3 is 0 Å². The second kappa shape index (κ2) is 7.26. The molecule has 1 heteroatoms. The lowest BCUT2D eigenvalue weighted by Crippen LogP contribution is -2.42. The summed E-state index contributed by atoms with van der Waals surface area (Å²) in [5, 5.41) is 0. The van der Waals surface area contributed by atoms with Crippen molar-refractivity contribution in [3.63, 3.8) is 0 Å². The molecule has 0 bridgehead atoms. The van der Waals surface area contributed by atoms with Gasteiger partial charge in [-0.25, -0.2) is 0 Å². The van der Waals surface area contributed by atoms with Gasteiger partial charge in [-0.2, -0.15) is 0 Å². The summed E-state index contributed by atoms with van der Waals surface area (Å²) in [6, 6.07) is 8.73. The van der Waals surface area contributed by atoms with Gasteiger partial charge in [0.25, 0.3) is 0 Å². The van der Waals surface area contributed by atoms with Crippen LogP contribution < -0.4 is 0 Å². The van der Waals surface area contributed by atoms with Crippen molar-refractivity contribution in [3.05, 3.63) is 47.2 Å². The number of aryl methyl sites for hydroxylation is 1. The van der Waals surface area contributed by atoms with E-state index in [0.717, 1.165) is 23.0 Å². The molecule has 0 amide bonds. The van der Waals surface area contributed by atoms with Crippen LogP contribution in [-0.4, -0.2) is 8.07 Å². The van der Waals surface area contributed by atoms with Crippen LogP contribution in [0.2, 0.25) is 16.6 Å². The van der Waals surface area contributed by atoms with E-state index in [-0.39, 0.29) is 0 Å². The van der Waals surface area contributed by atoms with E-state index in [0.29, 0.717) is 0 Å².